The summed E-state index contributed by atoms with van der Waals surface area (Å²) in [5.74, 6) is 0. The van der Waals surface area contributed by atoms with Gasteiger partial charge in [-0.15, -0.1) is 0 Å². The highest BCUT2D eigenvalue weighted by Crippen LogP contribution is 2.08. The van der Waals surface area contributed by atoms with Crippen LogP contribution in [-0.2, 0) is 0 Å². The van der Waals surface area contributed by atoms with E-state index < -0.39 is 0 Å². The Morgan fingerprint density at radius 2 is 2.40 bits per heavy atom. The quantitative estimate of drug-likeness (QED) is 0.576. The van der Waals surface area contributed by atoms with Gasteiger partial charge in [0.25, 0.3) is 0 Å². The van der Waals surface area contributed by atoms with Gasteiger partial charge in [-0.2, -0.15) is 0 Å². The van der Waals surface area contributed by atoms with Gasteiger partial charge in [0, 0.05) is 13.1 Å². The zero-order chi connectivity index (χ0) is 7.40. The summed E-state index contributed by atoms with van der Waals surface area (Å²) >= 11 is 0. The second-order valence-corrected chi connectivity index (χ2v) is 2.50. The van der Waals surface area contributed by atoms with Crippen LogP contribution in [0.15, 0.2) is 36.0 Å². The van der Waals surface area contributed by atoms with E-state index in [2.05, 4.69) is 30.1 Å². The summed E-state index contributed by atoms with van der Waals surface area (Å²) in [5.41, 5.74) is 2.39. The molecule has 54 valence electrons. The minimum absolute atomic E-state index is 0.954. The average molecular weight is 135 g/mol. The maximum absolute atomic E-state index is 3.87. The summed E-state index contributed by atoms with van der Waals surface area (Å²) in [6.07, 6.45) is 6.39. The Balaban J connectivity index is 2.70. The summed E-state index contributed by atoms with van der Waals surface area (Å²) in [7, 11) is 0. The van der Waals surface area contributed by atoms with Gasteiger partial charge < -0.3 is 5.32 Å². The monoisotopic (exact) mass is 135 g/mol. The predicted molar refractivity (Wildman–Crippen MR) is 44.9 cm³/mol. The fraction of sp³-hybridized carbons (Fsp3) is 0.333. The number of rotatable bonds is 1. The van der Waals surface area contributed by atoms with Crippen molar-refractivity contribution >= 4 is 0 Å². The molecule has 0 fully saturated rings. The highest BCUT2D eigenvalue weighted by molar-refractivity contribution is 5.37. The molecule has 0 aromatic heterocycles. The van der Waals surface area contributed by atoms with Gasteiger partial charge in [0.2, 0.25) is 0 Å². The molecule has 1 heterocycles. The molecule has 0 amide bonds. The second-order valence-electron chi connectivity index (χ2n) is 2.50. The van der Waals surface area contributed by atoms with Crippen molar-refractivity contribution in [2.45, 2.75) is 6.92 Å². The molecule has 1 aliphatic rings. The second kappa shape index (κ2) is 3.37. The molecular weight excluding hydrogens is 122 g/mol. The average Bonchev–Trinajstić information content (AvgIpc) is 2.12. The molecule has 0 radical (unpaired) electrons. The Bertz CT molecular complexity index is 187. The molecule has 0 bridgehead atoms. The van der Waals surface area contributed by atoms with Gasteiger partial charge in [-0.25, -0.2) is 0 Å². The number of hydrogen-bond donors (Lipinski definition) is 1. The lowest BCUT2D eigenvalue weighted by atomic mass is 10.1. The van der Waals surface area contributed by atoms with Gasteiger partial charge in [0.1, 0.15) is 0 Å². The van der Waals surface area contributed by atoms with Crippen molar-refractivity contribution < 1.29 is 0 Å². The van der Waals surface area contributed by atoms with Crippen molar-refractivity contribution in [3.8, 4) is 0 Å². The Labute approximate surface area is 62.1 Å². The first kappa shape index (κ1) is 7.29. The van der Waals surface area contributed by atoms with Crippen LogP contribution in [0.25, 0.3) is 0 Å². The lowest BCUT2D eigenvalue weighted by Gasteiger charge is -1.96. The standard InChI is InChI=1S/C9H13N/c1-8(2)9-4-3-6-10-7-5-9/h3-5,10H,1,6-7H2,2H3. The number of hydrogen-bond acceptors (Lipinski definition) is 1. The highest BCUT2D eigenvalue weighted by Gasteiger charge is 1.94. The van der Waals surface area contributed by atoms with E-state index in [1.807, 2.05) is 6.92 Å². The number of nitrogens with one attached hydrogen (secondary N) is 1. The molecule has 0 aromatic carbocycles. The maximum atomic E-state index is 3.87. The van der Waals surface area contributed by atoms with E-state index in [-0.39, 0.29) is 0 Å². The van der Waals surface area contributed by atoms with Crippen LogP contribution in [0.3, 0.4) is 0 Å². The van der Waals surface area contributed by atoms with Gasteiger partial charge in [-0.3, -0.25) is 0 Å². The fourth-order valence-electron chi connectivity index (χ4n) is 0.919. The van der Waals surface area contributed by atoms with Crippen LogP contribution in [0.1, 0.15) is 6.92 Å². The van der Waals surface area contributed by atoms with Crippen molar-refractivity contribution in [1.82, 2.24) is 5.32 Å². The molecule has 0 spiro atoms. The molecule has 1 aliphatic heterocycles. The van der Waals surface area contributed by atoms with Crippen LogP contribution in [0.4, 0.5) is 0 Å². The summed E-state index contributed by atoms with van der Waals surface area (Å²) in [6.45, 7) is 7.82. The van der Waals surface area contributed by atoms with E-state index in [0.29, 0.717) is 0 Å². The smallest absolute Gasteiger partial charge is 0.0146 e. The zero-order valence-electron chi connectivity index (χ0n) is 6.35. The SMILES string of the molecule is C=C(C)C1=CCNCC=C1. The topological polar surface area (TPSA) is 12.0 Å². The molecule has 0 unspecified atom stereocenters. The van der Waals surface area contributed by atoms with Crippen molar-refractivity contribution in [2.24, 2.45) is 0 Å². The number of allylic oxidation sites excluding steroid dienone is 3. The van der Waals surface area contributed by atoms with Gasteiger partial charge in [-0.05, 0) is 12.5 Å². The van der Waals surface area contributed by atoms with Crippen LogP contribution in [-0.4, -0.2) is 13.1 Å². The molecule has 1 N–H and O–H groups in total. The molecule has 0 saturated heterocycles. The van der Waals surface area contributed by atoms with Gasteiger partial charge >= 0.3 is 0 Å². The molecule has 0 saturated carbocycles. The lowest BCUT2D eigenvalue weighted by molar-refractivity contribution is 0.848. The third-order valence-corrected chi connectivity index (χ3v) is 1.52. The molecule has 0 aromatic rings. The van der Waals surface area contributed by atoms with Crippen LogP contribution in [0, 0.1) is 0 Å². The normalized spacial score (nSPS) is 17.9. The first-order valence-electron chi connectivity index (χ1n) is 3.54. The first-order chi connectivity index (χ1) is 4.80. The molecule has 1 rings (SSSR count). The van der Waals surface area contributed by atoms with E-state index in [1.165, 1.54) is 5.57 Å². The molecular formula is C9H13N. The lowest BCUT2D eigenvalue weighted by Crippen LogP contribution is -2.11. The molecule has 10 heavy (non-hydrogen) atoms. The summed E-state index contributed by atoms with van der Waals surface area (Å²) < 4.78 is 0. The van der Waals surface area contributed by atoms with E-state index >= 15 is 0 Å². The van der Waals surface area contributed by atoms with Crippen LogP contribution >= 0.6 is 0 Å². The summed E-state index contributed by atoms with van der Waals surface area (Å²) in [4.78, 5) is 0. The first-order valence-corrected chi connectivity index (χ1v) is 3.54. The molecule has 0 aliphatic carbocycles. The van der Waals surface area contributed by atoms with Crippen molar-refractivity contribution in [2.75, 3.05) is 13.1 Å². The van der Waals surface area contributed by atoms with E-state index in [4.69, 9.17) is 0 Å². The largest absolute Gasteiger partial charge is 0.310 e. The van der Waals surface area contributed by atoms with Crippen LogP contribution in [0.2, 0.25) is 0 Å². The Kier molecular flexibility index (Phi) is 2.46. The fourth-order valence-corrected chi connectivity index (χ4v) is 0.919. The van der Waals surface area contributed by atoms with Crippen molar-refractivity contribution in [3.05, 3.63) is 36.0 Å². The van der Waals surface area contributed by atoms with Gasteiger partial charge in [0.15, 0.2) is 0 Å². The van der Waals surface area contributed by atoms with Crippen LogP contribution < -0.4 is 5.32 Å². The molecule has 1 nitrogen and oxygen atoms in total. The minimum Gasteiger partial charge on any atom is -0.310 e. The Morgan fingerprint density at radius 3 is 3.10 bits per heavy atom. The Morgan fingerprint density at radius 1 is 1.60 bits per heavy atom. The van der Waals surface area contributed by atoms with Gasteiger partial charge in [0.05, 0.1) is 0 Å². The highest BCUT2D eigenvalue weighted by atomic mass is 14.8. The van der Waals surface area contributed by atoms with E-state index in [1.54, 1.807) is 0 Å². The third-order valence-electron chi connectivity index (χ3n) is 1.52. The van der Waals surface area contributed by atoms with E-state index in [9.17, 15) is 0 Å². The molecule has 0 atom stereocenters. The zero-order valence-corrected chi connectivity index (χ0v) is 6.35. The van der Waals surface area contributed by atoms with Crippen molar-refractivity contribution in [3.63, 3.8) is 0 Å². The molecule has 1 heteroatoms. The third kappa shape index (κ3) is 1.85. The van der Waals surface area contributed by atoms with Crippen LogP contribution in [0.5, 0.6) is 0 Å². The maximum Gasteiger partial charge on any atom is 0.0146 e. The van der Waals surface area contributed by atoms with E-state index in [0.717, 1.165) is 18.7 Å². The Hall–Kier alpha value is -0.820. The van der Waals surface area contributed by atoms with Crippen molar-refractivity contribution in [1.29, 1.82) is 0 Å². The minimum atomic E-state index is 0.954. The summed E-state index contributed by atoms with van der Waals surface area (Å²) in [6, 6.07) is 0. The summed E-state index contributed by atoms with van der Waals surface area (Å²) in [5, 5.41) is 3.23. The predicted octanol–water partition coefficient (Wildman–Crippen LogP) is 1.65. The van der Waals surface area contributed by atoms with Gasteiger partial charge in [-0.1, -0.05) is 30.4 Å².